The van der Waals surface area contributed by atoms with Gasteiger partial charge in [-0.05, 0) is 61.6 Å². The average Bonchev–Trinajstić information content (AvgIpc) is 3.44. The molecule has 0 fully saturated rings. The second-order valence-corrected chi connectivity index (χ2v) is 10.1. The summed E-state index contributed by atoms with van der Waals surface area (Å²) < 4.78 is 6.54. The average molecular weight is 515 g/mol. The highest BCUT2D eigenvalue weighted by atomic mass is 16.3. The maximum Gasteiger partial charge on any atom is 0.254 e. The van der Waals surface area contributed by atoms with Crippen LogP contribution in [0.4, 0.5) is 5.69 Å². The lowest BCUT2D eigenvalue weighted by molar-refractivity contribution is -0.116. The Hall–Kier alpha value is -4.64. The molecule has 0 spiro atoms. The van der Waals surface area contributed by atoms with E-state index in [1.165, 1.54) is 0 Å². The van der Waals surface area contributed by atoms with Gasteiger partial charge >= 0.3 is 0 Å². The smallest absolute Gasteiger partial charge is 0.254 e. The first-order chi connectivity index (χ1) is 19.0. The molecule has 4 aromatic rings. The van der Waals surface area contributed by atoms with E-state index in [2.05, 4.69) is 28.8 Å². The monoisotopic (exact) mass is 514 g/mol. The van der Waals surface area contributed by atoms with E-state index in [-0.39, 0.29) is 11.7 Å². The van der Waals surface area contributed by atoms with Crippen LogP contribution in [0, 0.1) is 6.92 Å². The van der Waals surface area contributed by atoms with E-state index in [1.54, 1.807) is 0 Å². The van der Waals surface area contributed by atoms with E-state index < -0.39 is 5.92 Å². The van der Waals surface area contributed by atoms with E-state index in [0.29, 0.717) is 29.1 Å². The van der Waals surface area contributed by atoms with Crippen molar-refractivity contribution >= 4 is 17.4 Å². The number of benzene rings is 3. The molecule has 1 aliphatic heterocycles. The number of anilines is 1. The minimum Gasteiger partial charge on any atom is -0.460 e. The van der Waals surface area contributed by atoms with Crippen molar-refractivity contribution in [2.75, 3.05) is 5.32 Å². The summed E-state index contributed by atoms with van der Waals surface area (Å²) in [6.45, 7) is 3.86. The van der Waals surface area contributed by atoms with Crippen LogP contribution < -0.4 is 10.6 Å². The summed E-state index contributed by atoms with van der Waals surface area (Å²) in [4.78, 5) is 27.1. The van der Waals surface area contributed by atoms with E-state index in [1.807, 2.05) is 86.6 Å². The lowest BCUT2D eigenvalue weighted by atomic mass is 9.77. The Morgan fingerprint density at radius 1 is 0.846 bits per heavy atom. The molecule has 0 saturated heterocycles. The number of aryl methyl sites for hydroxylation is 1. The van der Waals surface area contributed by atoms with Crippen molar-refractivity contribution in [2.45, 2.75) is 39.0 Å². The number of allylic oxidation sites excluding steroid dienone is 3. The predicted octanol–water partition coefficient (Wildman–Crippen LogP) is 7.53. The summed E-state index contributed by atoms with van der Waals surface area (Å²) in [7, 11) is 0. The lowest BCUT2D eigenvalue weighted by Gasteiger charge is -2.33. The standard InChI is InChI=1S/C34H30N2O3/c1-21-11-6-9-16-26(21)36-34(38)31-22(2)35-27-17-10-18-28(37)32(27)33(31)30-20-19-29(39-30)25-15-8-7-14-24(25)23-12-4-3-5-13-23/h3-9,11-16,19-20,33,35H,10,17-18H2,1-2H3,(H,36,38). The van der Waals surface area contributed by atoms with Crippen molar-refractivity contribution < 1.29 is 14.0 Å². The zero-order valence-electron chi connectivity index (χ0n) is 22.1. The molecule has 194 valence electrons. The van der Waals surface area contributed by atoms with Crippen LogP contribution in [-0.4, -0.2) is 11.7 Å². The van der Waals surface area contributed by atoms with Crippen molar-refractivity contribution in [1.82, 2.24) is 5.32 Å². The highest BCUT2D eigenvalue weighted by Gasteiger charge is 2.40. The molecular weight excluding hydrogens is 484 g/mol. The second-order valence-electron chi connectivity index (χ2n) is 10.1. The highest BCUT2D eigenvalue weighted by Crippen LogP contribution is 2.44. The fourth-order valence-corrected chi connectivity index (χ4v) is 5.69. The van der Waals surface area contributed by atoms with Crippen LogP contribution in [0.3, 0.4) is 0 Å². The molecule has 1 unspecified atom stereocenters. The van der Waals surface area contributed by atoms with Gasteiger partial charge in [0.2, 0.25) is 0 Å². The topological polar surface area (TPSA) is 71.3 Å². The molecule has 0 radical (unpaired) electrons. The molecule has 39 heavy (non-hydrogen) atoms. The normalized spacial score (nSPS) is 17.1. The number of nitrogens with one attached hydrogen (secondary N) is 2. The molecule has 5 nitrogen and oxygen atoms in total. The van der Waals surface area contributed by atoms with Crippen LogP contribution in [0.15, 0.2) is 118 Å². The SMILES string of the molecule is CC1=C(C(=O)Nc2ccccc2C)C(c2ccc(-c3ccccc3-c3ccccc3)o2)C2=C(CCCC2=O)N1. The maximum atomic E-state index is 13.8. The third-order valence-electron chi connectivity index (χ3n) is 7.60. The molecular formula is C34H30N2O3. The van der Waals surface area contributed by atoms with Crippen molar-refractivity contribution in [2.24, 2.45) is 0 Å². The van der Waals surface area contributed by atoms with Gasteiger partial charge in [-0.25, -0.2) is 0 Å². The Morgan fingerprint density at radius 3 is 2.36 bits per heavy atom. The molecule has 0 saturated carbocycles. The molecule has 2 aliphatic rings. The zero-order chi connectivity index (χ0) is 26.9. The van der Waals surface area contributed by atoms with Gasteiger partial charge in [0.1, 0.15) is 11.5 Å². The number of ketones is 1. The van der Waals surface area contributed by atoms with E-state index in [9.17, 15) is 9.59 Å². The number of Topliss-reactive ketones (excluding diaryl/α,β-unsaturated/α-hetero) is 1. The van der Waals surface area contributed by atoms with E-state index >= 15 is 0 Å². The molecule has 0 bridgehead atoms. The van der Waals surface area contributed by atoms with Crippen molar-refractivity contribution in [3.8, 4) is 22.5 Å². The van der Waals surface area contributed by atoms with Gasteiger partial charge in [-0.2, -0.15) is 0 Å². The minimum atomic E-state index is -0.587. The summed E-state index contributed by atoms with van der Waals surface area (Å²) >= 11 is 0. The predicted molar refractivity (Wildman–Crippen MR) is 154 cm³/mol. The number of dihydropyridines is 1. The van der Waals surface area contributed by atoms with Gasteiger partial charge in [-0.3, -0.25) is 9.59 Å². The Bertz CT molecular complexity index is 1640. The first-order valence-corrected chi connectivity index (χ1v) is 13.4. The zero-order valence-corrected chi connectivity index (χ0v) is 22.1. The van der Waals surface area contributed by atoms with Crippen LogP contribution in [-0.2, 0) is 9.59 Å². The third kappa shape index (κ3) is 4.61. The van der Waals surface area contributed by atoms with Crippen molar-refractivity contribution in [3.63, 3.8) is 0 Å². The summed E-state index contributed by atoms with van der Waals surface area (Å²) in [5, 5.41) is 6.46. The molecule has 2 N–H and O–H groups in total. The number of amides is 1. The van der Waals surface area contributed by atoms with Crippen LogP contribution in [0.5, 0.6) is 0 Å². The number of carbonyl (C=O) groups excluding carboxylic acids is 2. The quantitative estimate of drug-likeness (QED) is 0.289. The lowest BCUT2D eigenvalue weighted by Crippen LogP contribution is -2.35. The molecule has 2 heterocycles. The van der Waals surface area contributed by atoms with E-state index in [0.717, 1.165) is 52.2 Å². The Morgan fingerprint density at radius 2 is 1.56 bits per heavy atom. The number of furan rings is 1. The van der Waals surface area contributed by atoms with Crippen LogP contribution in [0.2, 0.25) is 0 Å². The Kier molecular flexibility index (Phi) is 6.49. The second kappa shape index (κ2) is 10.3. The fourth-order valence-electron chi connectivity index (χ4n) is 5.69. The molecule has 6 rings (SSSR count). The Balaban J connectivity index is 1.44. The van der Waals surface area contributed by atoms with Gasteiger partial charge in [0.15, 0.2) is 5.78 Å². The number of carbonyl (C=O) groups is 2. The van der Waals surface area contributed by atoms with Crippen molar-refractivity contribution in [3.05, 3.63) is 125 Å². The molecule has 1 aromatic heterocycles. The van der Waals surface area contributed by atoms with Crippen LogP contribution in [0.1, 0.15) is 43.4 Å². The fraction of sp³-hybridized carbons (Fsp3) is 0.176. The largest absolute Gasteiger partial charge is 0.460 e. The van der Waals surface area contributed by atoms with E-state index in [4.69, 9.17) is 4.42 Å². The van der Waals surface area contributed by atoms with Crippen LogP contribution in [0.25, 0.3) is 22.5 Å². The number of para-hydroxylation sites is 1. The summed E-state index contributed by atoms with van der Waals surface area (Å²) in [6, 6.07) is 29.8. The number of rotatable bonds is 5. The molecule has 3 aromatic carbocycles. The maximum absolute atomic E-state index is 13.8. The van der Waals surface area contributed by atoms with Gasteiger partial charge in [0.05, 0.1) is 11.5 Å². The summed E-state index contributed by atoms with van der Waals surface area (Å²) in [5.41, 5.74) is 7.59. The minimum absolute atomic E-state index is 0.0603. The highest BCUT2D eigenvalue weighted by molar-refractivity contribution is 6.09. The van der Waals surface area contributed by atoms with Gasteiger partial charge in [-0.15, -0.1) is 0 Å². The van der Waals surface area contributed by atoms with Gasteiger partial charge in [0.25, 0.3) is 5.91 Å². The Labute approximate surface area is 228 Å². The number of hydrogen-bond acceptors (Lipinski definition) is 4. The van der Waals surface area contributed by atoms with Crippen LogP contribution >= 0.6 is 0 Å². The first kappa shape index (κ1) is 24.7. The molecule has 5 heteroatoms. The van der Waals surface area contributed by atoms with Crippen molar-refractivity contribution in [1.29, 1.82) is 0 Å². The summed E-state index contributed by atoms with van der Waals surface area (Å²) in [5.74, 6) is 0.517. The van der Waals surface area contributed by atoms with Gasteiger partial charge in [0, 0.05) is 34.6 Å². The summed E-state index contributed by atoms with van der Waals surface area (Å²) in [6.07, 6.45) is 2.03. The first-order valence-electron chi connectivity index (χ1n) is 13.4. The van der Waals surface area contributed by atoms with Gasteiger partial charge in [-0.1, -0.05) is 72.8 Å². The van der Waals surface area contributed by atoms with Gasteiger partial charge < -0.3 is 15.1 Å². The molecule has 1 aliphatic carbocycles. The molecule has 1 amide bonds. The molecule has 1 atom stereocenters. The number of hydrogen-bond donors (Lipinski definition) is 2. The third-order valence-corrected chi connectivity index (χ3v) is 7.60.